The second kappa shape index (κ2) is 5.22. The first-order valence-electron chi connectivity index (χ1n) is 4.83. The fourth-order valence-corrected chi connectivity index (χ4v) is 0.726. The average molecular weight is 186 g/mol. The summed E-state index contributed by atoms with van der Waals surface area (Å²) < 4.78 is 0. The molecule has 0 bridgehead atoms. The molecule has 0 aliphatic heterocycles. The molecule has 0 rings (SSSR count). The molecule has 3 heteroatoms. The number of rotatable bonds is 4. The number of carbonyl (C=O) groups excluding carboxylic acids is 1. The minimum Gasteiger partial charge on any atom is -0.355 e. The first-order valence-corrected chi connectivity index (χ1v) is 4.83. The van der Waals surface area contributed by atoms with Crippen LogP contribution < -0.4 is 10.6 Å². The molecular formula is C10H22N2O. The lowest BCUT2D eigenvalue weighted by molar-refractivity contribution is -0.120. The zero-order valence-corrected chi connectivity index (χ0v) is 9.40. The summed E-state index contributed by atoms with van der Waals surface area (Å²) in [5.74, 6) is 0.585. The highest BCUT2D eigenvalue weighted by Gasteiger charge is 2.10. The van der Waals surface area contributed by atoms with E-state index in [-0.39, 0.29) is 11.4 Å². The van der Waals surface area contributed by atoms with Gasteiger partial charge in [0.2, 0.25) is 5.91 Å². The predicted molar refractivity (Wildman–Crippen MR) is 55.6 cm³/mol. The Labute approximate surface area is 81.3 Å². The maximum absolute atomic E-state index is 11.2. The molecule has 2 N–H and O–H groups in total. The molecule has 0 fully saturated rings. The molecule has 78 valence electrons. The van der Waals surface area contributed by atoms with Gasteiger partial charge in [0, 0.05) is 12.1 Å². The van der Waals surface area contributed by atoms with Crippen LogP contribution in [-0.4, -0.2) is 24.5 Å². The van der Waals surface area contributed by atoms with Gasteiger partial charge in [0.25, 0.3) is 0 Å². The zero-order chi connectivity index (χ0) is 10.5. The number of hydrogen-bond acceptors (Lipinski definition) is 2. The van der Waals surface area contributed by atoms with E-state index in [0.29, 0.717) is 12.5 Å². The summed E-state index contributed by atoms with van der Waals surface area (Å²) in [7, 11) is 0. The van der Waals surface area contributed by atoms with Gasteiger partial charge in [0.05, 0.1) is 6.54 Å². The fraction of sp³-hybridized carbons (Fsp3) is 0.900. The molecule has 0 saturated carbocycles. The monoisotopic (exact) mass is 186 g/mol. The van der Waals surface area contributed by atoms with E-state index in [1.165, 1.54) is 0 Å². The molecule has 0 unspecified atom stereocenters. The second-order valence-corrected chi connectivity index (χ2v) is 4.80. The van der Waals surface area contributed by atoms with Crippen molar-refractivity contribution in [1.82, 2.24) is 10.6 Å². The van der Waals surface area contributed by atoms with Crippen molar-refractivity contribution in [1.29, 1.82) is 0 Å². The maximum Gasteiger partial charge on any atom is 0.233 e. The number of hydrogen-bond donors (Lipinski definition) is 2. The van der Waals surface area contributed by atoms with Crippen molar-refractivity contribution in [2.24, 2.45) is 5.92 Å². The van der Waals surface area contributed by atoms with Crippen LogP contribution in [0.2, 0.25) is 0 Å². The standard InChI is InChI=1S/C10H22N2O/c1-8(2)6-11-9(13)7-12-10(3,4)5/h8,12H,6-7H2,1-5H3,(H,11,13). The summed E-state index contributed by atoms with van der Waals surface area (Å²) in [6.45, 7) is 11.4. The number of nitrogens with one attached hydrogen (secondary N) is 2. The highest BCUT2D eigenvalue weighted by atomic mass is 16.1. The first-order chi connectivity index (χ1) is 5.81. The Balaban J connectivity index is 3.53. The lowest BCUT2D eigenvalue weighted by Crippen LogP contribution is -2.43. The molecule has 13 heavy (non-hydrogen) atoms. The Bertz CT molecular complexity index is 159. The predicted octanol–water partition coefficient (Wildman–Crippen LogP) is 1.15. The molecule has 0 aliphatic rings. The lowest BCUT2D eigenvalue weighted by atomic mass is 10.1. The van der Waals surface area contributed by atoms with Crippen molar-refractivity contribution >= 4 is 5.91 Å². The van der Waals surface area contributed by atoms with Crippen molar-refractivity contribution in [3.8, 4) is 0 Å². The molecule has 3 nitrogen and oxygen atoms in total. The van der Waals surface area contributed by atoms with Crippen LogP contribution in [-0.2, 0) is 4.79 Å². The van der Waals surface area contributed by atoms with E-state index in [9.17, 15) is 4.79 Å². The minimum absolute atomic E-state index is 0.00910. The van der Waals surface area contributed by atoms with Crippen LogP contribution in [0.25, 0.3) is 0 Å². The summed E-state index contributed by atoms with van der Waals surface area (Å²) in [5.41, 5.74) is 0.00910. The van der Waals surface area contributed by atoms with Gasteiger partial charge in [-0.15, -0.1) is 0 Å². The normalized spacial score (nSPS) is 11.8. The molecule has 0 radical (unpaired) electrons. The van der Waals surface area contributed by atoms with Crippen LogP contribution in [0.4, 0.5) is 0 Å². The molecule has 0 spiro atoms. The fourth-order valence-electron chi connectivity index (χ4n) is 0.726. The molecule has 0 aliphatic carbocycles. The molecule has 0 aromatic rings. The lowest BCUT2D eigenvalue weighted by Gasteiger charge is -2.20. The van der Waals surface area contributed by atoms with Crippen LogP contribution in [0.3, 0.4) is 0 Å². The number of amides is 1. The summed E-state index contributed by atoms with van der Waals surface area (Å²) in [4.78, 5) is 11.2. The SMILES string of the molecule is CC(C)CNC(=O)CNC(C)(C)C. The first kappa shape index (κ1) is 12.4. The van der Waals surface area contributed by atoms with E-state index in [0.717, 1.165) is 6.54 Å². The molecule has 0 atom stereocenters. The molecule has 1 amide bonds. The Morgan fingerprint density at radius 2 is 1.85 bits per heavy atom. The van der Waals surface area contributed by atoms with Crippen molar-refractivity contribution in [3.05, 3.63) is 0 Å². The van der Waals surface area contributed by atoms with E-state index in [4.69, 9.17) is 0 Å². The van der Waals surface area contributed by atoms with Crippen molar-refractivity contribution in [3.63, 3.8) is 0 Å². The van der Waals surface area contributed by atoms with E-state index in [1.54, 1.807) is 0 Å². The van der Waals surface area contributed by atoms with E-state index >= 15 is 0 Å². The molecule has 0 heterocycles. The van der Waals surface area contributed by atoms with E-state index < -0.39 is 0 Å². The smallest absolute Gasteiger partial charge is 0.233 e. The zero-order valence-electron chi connectivity index (χ0n) is 9.40. The summed E-state index contributed by atoms with van der Waals surface area (Å²) in [5, 5.41) is 5.99. The van der Waals surface area contributed by atoms with Crippen LogP contribution in [0.15, 0.2) is 0 Å². The van der Waals surface area contributed by atoms with Crippen LogP contribution in [0, 0.1) is 5.92 Å². The third kappa shape index (κ3) is 9.34. The van der Waals surface area contributed by atoms with Crippen LogP contribution in [0.1, 0.15) is 34.6 Å². The molecule has 0 aromatic heterocycles. The van der Waals surface area contributed by atoms with Crippen molar-refractivity contribution < 1.29 is 4.79 Å². The Morgan fingerprint density at radius 1 is 1.31 bits per heavy atom. The van der Waals surface area contributed by atoms with Crippen LogP contribution >= 0.6 is 0 Å². The highest BCUT2D eigenvalue weighted by molar-refractivity contribution is 5.78. The Kier molecular flexibility index (Phi) is 4.99. The van der Waals surface area contributed by atoms with Gasteiger partial charge in [-0.05, 0) is 26.7 Å². The van der Waals surface area contributed by atoms with Crippen LogP contribution in [0.5, 0.6) is 0 Å². The van der Waals surface area contributed by atoms with E-state index in [1.807, 2.05) is 20.8 Å². The summed E-state index contributed by atoms with van der Waals surface area (Å²) in [6.07, 6.45) is 0. The van der Waals surface area contributed by atoms with Gasteiger partial charge in [0.15, 0.2) is 0 Å². The minimum atomic E-state index is 0.00910. The third-order valence-electron chi connectivity index (χ3n) is 1.49. The summed E-state index contributed by atoms with van der Waals surface area (Å²) in [6, 6.07) is 0. The van der Waals surface area contributed by atoms with Crippen molar-refractivity contribution in [2.75, 3.05) is 13.1 Å². The van der Waals surface area contributed by atoms with Gasteiger partial charge in [0.1, 0.15) is 0 Å². The van der Waals surface area contributed by atoms with Gasteiger partial charge >= 0.3 is 0 Å². The molecule has 0 aromatic carbocycles. The second-order valence-electron chi connectivity index (χ2n) is 4.80. The largest absolute Gasteiger partial charge is 0.355 e. The van der Waals surface area contributed by atoms with E-state index in [2.05, 4.69) is 24.5 Å². The highest BCUT2D eigenvalue weighted by Crippen LogP contribution is 1.96. The molecule has 0 saturated heterocycles. The Hall–Kier alpha value is -0.570. The van der Waals surface area contributed by atoms with Gasteiger partial charge in [-0.3, -0.25) is 4.79 Å². The molecular weight excluding hydrogens is 164 g/mol. The van der Waals surface area contributed by atoms with Gasteiger partial charge in [-0.2, -0.15) is 0 Å². The van der Waals surface area contributed by atoms with Gasteiger partial charge in [-0.25, -0.2) is 0 Å². The van der Waals surface area contributed by atoms with Gasteiger partial charge < -0.3 is 10.6 Å². The number of carbonyl (C=O) groups is 1. The Morgan fingerprint density at radius 3 is 2.23 bits per heavy atom. The quantitative estimate of drug-likeness (QED) is 0.691. The average Bonchev–Trinajstić information content (AvgIpc) is 1.95. The topological polar surface area (TPSA) is 41.1 Å². The van der Waals surface area contributed by atoms with Gasteiger partial charge in [-0.1, -0.05) is 13.8 Å². The third-order valence-corrected chi connectivity index (χ3v) is 1.49. The summed E-state index contributed by atoms with van der Waals surface area (Å²) >= 11 is 0. The van der Waals surface area contributed by atoms with Crippen molar-refractivity contribution in [2.45, 2.75) is 40.2 Å². The maximum atomic E-state index is 11.2.